The SMILES string of the molecule is CNC(c1cc(Br)ccc1F)c1cccnc1C. The number of rotatable bonds is 3. The van der Waals surface area contributed by atoms with Crippen LogP contribution in [0.15, 0.2) is 41.0 Å². The number of hydrogen-bond donors (Lipinski definition) is 1. The van der Waals surface area contributed by atoms with E-state index in [1.807, 2.05) is 26.1 Å². The zero-order valence-electron chi connectivity index (χ0n) is 10.2. The maximum Gasteiger partial charge on any atom is 0.128 e. The summed E-state index contributed by atoms with van der Waals surface area (Å²) in [4.78, 5) is 4.25. The minimum atomic E-state index is -0.221. The molecule has 2 rings (SSSR count). The van der Waals surface area contributed by atoms with Gasteiger partial charge in [0.05, 0.1) is 6.04 Å². The van der Waals surface area contributed by atoms with Gasteiger partial charge in [0.2, 0.25) is 0 Å². The summed E-state index contributed by atoms with van der Waals surface area (Å²) in [6.07, 6.45) is 1.74. The van der Waals surface area contributed by atoms with Gasteiger partial charge in [-0.3, -0.25) is 4.98 Å². The summed E-state index contributed by atoms with van der Waals surface area (Å²) in [6, 6.07) is 8.59. The fraction of sp³-hybridized carbons (Fsp3) is 0.214. The molecule has 1 atom stereocenters. The summed E-state index contributed by atoms with van der Waals surface area (Å²) in [5, 5.41) is 3.14. The molecule has 4 heteroatoms. The summed E-state index contributed by atoms with van der Waals surface area (Å²) >= 11 is 3.37. The third kappa shape index (κ3) is 2.60. The summed E-state index contributed by atoms with van der Waals surface area (Å²) in [5.74, 6) is -0.221. The third-order valence-electron chi connectivity index (χ3n) is 2.92. The highest BCUT2D eigenvalue weighted by atomic mass is 79.9. The van der Waals surface area contributed by atoms with Gasteiger partial charge in [-0.1, -0.05) is 22.0 Å². The van der Waals surface area contributed by atoms with Crippen molar-refractivity contribution < 1.29 is 4.39 Å². The molecule has 0 radical (unpaired) electrons. The van der Waals surface area contributed by atoms with E-state index in [0.717, 1.165) is 15.7 Å². The quantitative estimate of drug-likeness (QED) is 0.937. The zero-order valence-corrected chi connectivity index (χ0v) is 11.8. The van der Waals surface area contributed by atoms with Gasteiger partial charge in [-0.25, -0.2) is 4.39 Å². The number of aryl methyl sites for hydroxylation is 1. The molecule has 0 aliphatic rings. The molecule has 1 N–H and O–H groups in total. The molecule has 1 aromatic heterocycles. The molecule has 0 fully saturated rings. The van der Waals surface area contributed by atoms with E-state index in [-0.39, 0.29) is 11.9 Å². The predicted octanol–water partition coefficient (Wildman–Crippen LogP) is 3.60. The molecule has 0 aliphatic carbocycles. The Morgan fingerprint density at radius 2 is 2.06 bits per heavy atom. The highest BCUT2D eigenvalue weighted by Gasteiger charge is 2.18. The maximum atomic E-state index is 13.9. The second-order valence-electron chi connectivity index (χ2n) is 4.07. The number of halogens is 2. The number of benzene rings is 1. The Morgan fingerprint density at radius 3 is 2.72 bits per heavy atom. The van der Waals surface area contributed by atoms with Crippen molar-refractivity contribution in [3.05, 3.63) is 63.6 Å². The van der Waals surface area contributed by atoms with Crippen LogP contribution in [0.2, 0.25) is 0 Å². The van der Waals surface area contributed by atoms with Crippen LogP contribution in [0.25, 0.3) is 0 Å². The first-order chi connectivity index (χ1) is 8.63. The summed E-state index contributed by atoms with van der Waals surface area (Å²) in [6.45, 7) is 1.93. The lowest BCUT2D eigenvalue weighted by molar-refractivity contribution is 0.574. The van der Waals surface area contributed by atoms with Crippen LogP contribution < -0.4 is 5.32 Å². The third-order valence-corrected chi connectivity index (χ3v) is 3.41. The van der Waals surface area contributed by atoms with E-state index in [1.54, 1.807) is 18.3 Å². The molecule has 2 aromatic rings. The van der Waals surface area contributed by atoms with Crippen molar-refractivity contribution in [3.63, 3.8) is 0 Å². The maximum absolute atomic E-state index is 13.9. The molecular weight excluding hydrogens is 295 g/mol. The van der Waals surface area contributed by atoms with Crippen molar-refractivity contribution in [1.82, 2.24) is 10.3 Å². The van der Waals surface area contributed by atoms with E-state index in [4.69, 9.17) is 0 Å². The molecule has 0 saturated heterocycles. The van der Waals surface area contributed by atoms with Gasteiger partial charge >= 0.3 is 0 Å². The van der Waals surface area contributed by atoms with E-state index in [1.165, 1.54) is 6.07 Å². The molecule has 94 valence electrons. The topological polar surface area (TPSA) is 24.9 Å². The predicted molar refractivity (Wildman–Crippen MR) is 74.0 cm³/mol. The van der Waals surface area contributed by atoms with Gasteiger partial charge in [0.1, 0.15) is 5.82 Å². The number of pyridine rings is 1. The number of nitrogens with one attached hydrogen (secondary N) is 1. The first-order valence-electron chi connectivity index (χ1n) is 5.67. The lowest BCUT2D eigenvalue weighted by atomic mass is 9.97. The number of aromatic nitrogens is 1. The fourth-order valence-corrected chi connectivity index (χ4v) is 2.39. The number of hydrogen-bond acceptors (Lipinski definition) is 2. The van der Waals surface area contributed by atoms with E-state index < -0.39 is 0 Å². The second kappa shape index (κ2) is 5.59. The Kier molecular flexibility index (Phi) is 4.09. The van der Waals surface area contributed by atoms with Crippen LogP contribution >= 0.6 is 15.9 Å². The average molecular weight is 309 g/mol. The van der Waals surface area contributed by atoms with Crippen LogP contribution in [0.3, 0.4) is 0 Å². The largest absolute Gasteiger partial charge is 0.309 e. The van der Waals surface area contributed by atoms with Crippen molar-refractivity contribution >= 4 is 15.9 Å². The van der Waals surface area contributed by atoms with Gasteiger partial charge in [-0.15, -0.1) is 0 Å². The molecule has 1 unspecified atom stereocenters. The average Bonchev–Trinajstić information content (AvgIpc) is 2.36. The Morgan fingerprint density at radius 1 is 1.28 bits per heavy atom. The fourth-order valence-electron chi connectivity index (χ4n) is 2.02. The summed E-state index contributed by atoms with van der Waals surface area (Å²) in [7, 11) is 1.82. The Bertz CT molecular complexity index is 557. The monoisotopic (exact) mass is 308 g/mol. The molecule has 0 amide bonds. The smallest absolute Gasteiger partial charge is 0.128 e. The van der Waals surface area contributed by atoms with Crippen molar-refractivity contribution in [3.8, 4) is 0 Å². The lowest BCUT2D eigenvalue weighted by Gasteiger charge is -2.19. The molecule has 18 heavy (non-hydrogen) atoms. The van der Waals surface area contributed by atoms with Crippen molar-refractivity contribution in [2.45, 2.75) is 13.0 Å². The van der Waals surface area contributed by atoms with E-state index >= 15 is 0 Å². The van der Waals surface area contributed by atoms with E-state index in [9.17, 15) is 4.39 Å². The van der Waals surface area contributed by atoms with Crippen LogP contribution in [-0.4, -0.2) is 12.0 Å². The van der Waals surface area contributed by atoms with Crippen LogP contribution in [0, 0.1) is 12.7 Å². The molecular formula is C14H14BrFN2. The van der Waals surface area contributed by atoms with Crippen molar-refractivity contribution in [2.24, 2.45) is 0 Å². The second-order valence-corrected chi connectivity index (χ2v) is 4.98. The normalized spacial score (nSPS) is 12.4. The lowest BCUT2D eigenvalue weighted by Crippen LogP contribution is -2.20. The first-order valence-corrected chi connectivity index (χ1v) is 6.46. The minimum Gasteiger partial charge on any atom is -0.309 e. The minimum absolute atomic E-state index is 0.198. The molecule has 0 aliphatic heterocycles. The van der Waals surface area contributed by atoms with Gasteiger partial charge in [-0.2, -0.15) is 0 Å². The number of nitrogens with zero attached hydrogens (tertiary/aromatic N) is 1. The van der Waals surface area contributed by atoms with E-state index in [2.05, 4.69) is 26.2 Å². The first kappa shape index (κ1) is 13.2. The highest BCUT2D eigenvalue weighted by Crippen LogP contribution is 2.27. The molecule has 0 bridgehead atoms. The zero-order chi connectivity index (χ0) is 13.1. The van der Waals surface area contributed by atoms with E-state index in [0.29, 0.717) is 5.56 Å². The highest BCUT2D eigenvalue weighted by molar-refractivity contribution is 9.10. The Balaban J connectivity index is 2.52. The molecule has 0 spiro atoms. The Hall–Kier alpha value is -1.26. The Labute approximate surface area is 114 Å². The summed E-state index contributed by atoms with van der Waals surface area (Å²) < 4.78 is 14.8. The molecule has 0 saturated carbocycles. The van der Waals surface area contributed by atoms with Gasteiger partial charge in [0.25, 0.3) is 0 Å². The van der Waals surface area contributed by atoms with Gasteiger partial charge < -0.3 is 5.32 Å². The molecule has 2 nitrogen and oxygen atoms in total. The van der Waals surface area contributed by atoms with Gasteiger partial charge in [0, 0.05) is 21.9 Å². The van der Waals surface area contributed by atoms with Crippen LogP contribution in [0.4, 0.5) is 4.39 Å². The summed E-state index contributed by atoms with van der Waals surface area (Å²) in [5.41, 5.74) is 2.50. The van der Waals surface area contributed by atoms with Crippen LogP contribution in [-0.2, 0) is 0 Å². The van der Waals surface area contributed by atoms with Crippen LogP contribution in [0.1, 0.15) is 22.9 Å². The standard InChI is InChI=1S/C14H14BrFN2/c1-9-11(4-3-7-18-9)14(17-2)12-8-10(15)5-6-13(12)16/h3-8,14,17H,1-2H3. The van der Waals surface area contributed by atoms with Crippen LogP contribution in [0.5, 0.6) is 0 Å². The molecule has 1 heterocycles. The van der Waals surface area contributed by atoms with Crippen molar-refractivity contribution in [2.75, 3.05) is 7.05 Å². The molecule has 1 aromatic carbocycles. The van der Waals surface area contributed by atoms with Crippen molar-refractivity contribution in [1.29, 1.82) is 0 Å². The van der Waals surface area contributed by atoms with Gasteiger partial charge in [0.15, 0.2) is 0 Å². The van der Waals surface area contributed by atoms with Gasteiger partial charge in [-0.05, 0) is 43.8 Å².